The fourth-order valence-electron chi connectivity index (χ4n) is 2.85. The number of fused-ring (bicyclic) bond motifs is 1. The molecule has 1 aromatic carbocycles. The van der Waals surface area contributed by atoms with Crippen LogP contribution >= 0.6 is 62.5 Å². The van der Waals surface area contributed by atoms with Crippen LogP contribution in [0.3, 0.4) is 0 Å². The number of nitrogens with zero attached hydrogens (tertiary/aromatic N) is 1. The lowest BCUT2D eigenvalue weighted by Crippen LogP contribution is -2.71. The highest BCUT2D eigenvalue weighted by Crippen LogP contribution is 2.46. The fourth-order valence-corrected chi connectivity index (χ4v) is 5.13. The van der Waals surface area contributed by atoms with Crippen LogP contribution < -0.4 is 10.1 Å². The number of hydrogen-bond donors (Lipinski definition) is 1. The summed E-state index contributed by atoms with van der Waals surface area (Å²) in [6.45, 7) is 0.994. The zero-order chi connectivity index (χ0) is 22.1. The minimum atomic E-state index is -1.77. The average molecular weight is 559 g/mol. The molecule has 0 aliphatic carbocycles. The molecule has 30 heavy (non-hydrogen) atoms. The third-order valence-electron chi connectivity index (χ3n) is 4.25. The number of benzene rings is 1. The Morgan fingerprint density at radius 1 is 1.27 bits per heavy atom. The van der Waals surface area contributed by atoms with Gasteiger partial charge in [-0.3, -0.25) is 14.5 Å². The molecule has 0 saturated carbocycles. The van der Waals surface area contributed by atoms with Gasteiger partial charge in [0.25, 0.3) is 11.8 Å². The number of rotatable bonds is 6. The van der Waals surface area contributed by atoms with Gasteiger partial charge < -0.3 is 14.8 Å². The van der Waals surface area contributed by atoms with Crippen molar-refractivity contribution in [1.82, 2.24) is 10.2 Å². The van der Waals surface area contributed by atoms with Crippen LogP contribution in [0.4, 0.5) is 0 Å². The largest absolute Gasteiger partial charge is 0.484 e. The van der Waals surface area contributed by atoms with E-state index in [4.69, 9.17) is 44.3 Å². The molecular formula is C18H16BrCl3N2O5S. The van der Waals surface area contributed by atoms with Crippen molar-refractivity contribution in [3.05, 3.63) is 41.6 Å². The summed E-state index contributed by atoms with van der Waals surface area (Å²) < 4.78 is 8.41. The quantitative estimate of drug-likeness (QED) is 0.328. The van der Waals surface area contributed by atoms with Gasteiger partial charge in [0.15, 0.2) is 6.61 Å². The zero-order valence-electron chi connectivity index (χ0n) is 15.4. The maximum atomic E-state index is 12.7. The average Bonchev–Trinajstić information content (AvgIpc) is 2.70. The van der Waals surface area contributed by atoms with Gasteiger partial charge in [0.2, 0.25) is 3.79 Å². The zero-order valence-corrected chi connectivity index (χ0v) is 20.1. The molecule has 162 valence electrons. The van der Waals surface area contributed by atoms with Gasteiger partial charge in [-0.15, -0.1) is 11.8 Å². The number of esters is 1. The predicted molar refractivity (Wildman–Crippen MR) is 119 cm³/mol. The molecule has 2 aliphatic heterocycles. The first-order valence-corrected chi connectivity index (χ1v) is 11.6. The number of alkyl halides is 4. The molecule has 2 aliphatic rings. The Balaban J connectivity index is 1.64. The molecule has 0 radical (unpaired) electrons. The van der Waals surface area contributed by atoms with Crippen molar-refractivity contribution in [2.45, 2.75) is 26.3 Å². The highest BCUT2D eigenvalue weighted by molar-refractivity contribution is 9.11. The van der Waals surface area contributed by atoms with E-state index in [9.17, 15) is 14.4 Å². The van der Waals surface area contributed by atoms with Crippen molar-refractivity contribution in [3.63, 3.8) is 0 Å². The first kappa shape index (κ1) is 23.5. The lowest BCUT2D eigenvalue weighted by molar-refractivity contribution is -0.153. The molecule has 3 atom stereocenters. The van der Waals surface area contributed by atoms with E-state index in [-0.39, 0.29) is 16.5 Å². The topological polar surface area (TPSA) is 84.9 Å². The maximum absolute atomic E-state index is 12.7. The molecule has 0 unspecified atom stereocenters. The molecule has 1 aromatic rings. The second-order valence-corrected chi connectivity index (χ2v) is 11.7. The Kier molecular flexibility index (Phi) is 7.50. The van der Waals surface area contributed by atoms with Crippen molar-refractivity contribution in [3.8, 4) is 5.75 Å². The van der Waals surface area contributed by atoms with Crippen molar-refractivity contribution in [1.29, 1.82) is 0 Å². The number of amides is 2. The summed E-state index contributed by atoms with van der Waals surface area (Å²) in [5.74, 6) is -1.12. The molecule has 1 fully saturated rings. The van der Waals surface area contributed by atoms with Crippen LogP contribution in [0.5, 0.6) is 5.75 Å². The number of ether oxygens (including phenoxy) is 2. The molecule has 0 bridgehead atoms. The van der Waals surface area contributed by atoms with Crippen molar-refractivity contribution in [2.75, 3.05) is 13.2 Å². The van der Waals surface area contributed by atoms with Gasteiger partial charge in [0.1, 0.15) is 29.5 Å². The van der Waals surface area contributed by atoms with E-state index < -0.39 is 39.6 Å². The van der Waals surface area contributed by atoms with Crippen LogP contribution in [-0.4, -0.2) is 55.3 Å². The SMILES string of the molecule is CC1=C(C(=O)OCC(Cl)(Cl)Cl)N2C(=O)[C@@H](NC(=O)COc3ccccc3)[C@H]2S[C@@H]1Br. The number of nitrogens with one attached hydrogen (secondary N) is 1. The van der Waals surface area contributed by atoms with Gasteiger partial charge in [-0.2, -0.15) is 0 Å². The van der Waals surface area contributed by atoms with Gasteiger partial charge in [0, 0.05) is 0 Å². The molecule has 0 aromatic heterocycles. The lowest BCUT2D eigenvalue weighted by atomic mass is 10.0. The Morgan fingerprint density at radius 3 is 2.57 bits per heavy atom. The maximum Gasteiger partial charge on any atom is 0.355 e. The van der Waals surface area contributed by atoms with Crippen LogP contribution in [0, 0.1) is 0 Å². The summed E-state index contributed by atoms with van der Waals surface area (Å²) in [7, 11) is 0. The second-order valence-electron chi connectivity index (χ2n) is 6.42. The Bertz CT molecular complexity index is 880. The number of β-lactam (4-membered cyclic amide) rings is 1. The third-order valence-corrected chi connectivity index (χ3v) is 7.26. The number of hydrogen-bond acceptors (Lipinski definition) is 6. The molecule has 2 heterocycles. The van der Waals surface area contributed by atoms with E-state index in [1.807, 2.05) is 6.07 Å². The van der Waals surface area contributed by atoms with Crippen molar-refractivity contribution < 1.29 is 23.9 Å². The first-order chi connectivity index (χ1) is 14.1. The monoisotopic (exact) mass is 556 g/mol. The summed E-state index contributed by atoms with van der Waals surface area (Å²) in [4.78, 5) is 38.8. The second kappa shape index (κ2) is 9.56. The van der Waals surface area contributed by atoms with Crippen LogP contribution in [0.1, 0.15) is 6.92 Å². The van der Waals surface area contributed by atoms with E-state index in [0.717, 1.165) is 0 Å². The summed E-state index contributed by atoms with van der Waals surface area (Å²) >= 11 is 21.7. The van der Waals surface area contributed by atoms with Gasteiger partial charge in [-0.25, -0.2) is 4.79 Å². The van der Waals surface area contributed by atoms with Crippen LogP contribution in [-0.2, 0) is 19.1 Å². The van der Waals surface area contributed by atoms with E-state index in [1.54, 1.807) is 31.2 Å². The molecule has 0 spiro atoms. The Labute approximate surface area is 200 Å². The van der Waals surface area contributed by atoms with Crippen LogP contribution in [0.25, 0.3) is 0 Å². The molecule has 2 amide bonds. The van der Waals surface area contributed by atoms with Crippen LogP contribution in [0.15, 0.2) is 41.6 Å². The highest BCUT2D eigenvalue weighted by atomic mass is 79.9. The minimum Gasteiger partial charge on any atom is -0.484 e. The normalized spacial score (nSPS) is 23.4. The minimum absolute atomic E-state index is 0.0749. The molecule has 1 N–H and O–H groups in total. The summed E-state index contributed by atoms with van der Waals surface area (Å²) in [6.07, 6.45) is 0. The standard InChI is InChI=1S/C18H16BrCl3N2O5S/c1-9-13(17(27)29-8-18(20,21)22)24-15(26)12(16(24)30-14(9)19)23-11(25)7-28-10-5-3-2-4-6-10/h2-6,12,14,16H,7-8H2,1H3,(H,23,25)/t12-,14+,16-/m1/s1. The van der Waals surface area contributed by atoms with Gasteiger partial charge in [0.05, 0.1) is 4.16 Å². The summed E-state index contributed by atoms with van der Waals surface area (Å²) in [5.41, 5.74) is 0.669. The number of thioether (sulfide) groups is 1. The molecule has 3 rings (SSSR count). The van der Waals surface area contributed by atoms with Gasteiger partial charge in [-0.1, -0.05) is 68.9 Å². The number of halogens is 4. The van der Waals surface area contributed by atoms with E-state index in [2.05, 4.69) is 21.2 Å². The highest BCUT2D eigenvalue weighted by Gasteiger charge is 2.55. The lowest BCUT2D eigenvalue weighted by Gasteiger charge is -2.50. The number of carbonyl (C=O) groups is 3. The number of para-hydroxylation sites is 1. The molecule has 12 heteroatoms. The molecular weight excluding hydrogens is 543 g/mol. The number of carbonyl (C=O) groups excluding carboxylic acids is 3. The summed E-state index contributed by atoms with van der Waals surface area (Å²) in [5, 5.41) is 2.17. The third kappa shape index (κ3) is 5.37. The molecule has 7 nitrogen and oxygen atoms in total. The van der Waals surface area contributed by atoms with Crippen molar-refractivity contribution in [2.24, 2.45) is 0 Å². The van der Waals surface area contributed by atoms with E-state index in [1.165, 1.54) is 16.7 Å². The predicted octanol–water partition coefficient (Wildman–Crippen LogP) is 3.37. The smallest absolute Gasteiger partial charge is 0.355 e. The van der Waals surface area contributed by atoms with E-state index >= 15 is 0 Å². The first-order valence-electron chi connectivity index (χ1n) is 8.63. The van der Waals surface area contributed by atoms with Crippen LogP contribution in [0.2, 0.25) is 0 Å². The molecule has 1 saturated heterocycles. The van der Waals surface area contributed by atoms with E-state index in [0.29, 0.717) is 11.3 Å². The fraction of sp³-hybridized carbons (Fsp3) is 0.389. The van der Waals surface area contributed by atoms with Gasteiger partial charge >= 0.3 is 5.97 Å². The Morgan fingerprint density at radius 2 is 1.93 bits per heavy atom. The summed E-state index contributed by atoms with van der Waals surface area (Å²) in [6, 6.07) is 8.04. The van der Waals surface area contributed by atoms with Crippen molar-refractivity contribution >= 4 is 80.3 Å². The van der Waals surface area contributed by atoms with Gasteiger partial charge in [-0.05, 0) is 24.6 Å². The Hall–Kier alpha value is -1.13.